The Morgan fingerprint density at radius 1 is 0.340 bits per heavy atom. The van der Waals surface area contributed by atoms with Crippen molar-refractivity contribution < 1.29 is 4.42 Å². The van der Waals surface area contributed by atoms with Crippen LogP contribution in [0.4, 0.5) is 17.1 Å². The monoisotopic (exact) mass is 637 g/mol. The number of para-hydroxylation sites is 2. The lowest BCUT2D eigenvalue weighted by atomic mass is 9.94. The second-order valence-corrected chi connectivity index (χ2v) is 12.9. The van der Waals surface area contributed by atoms with Crippen molar-refractivity contribution >= 4 is 71.3 Å². The van der Waals surface area contributed by atoms with Crippen molar-refractivity contribution in [1.82, 2.24) is 0 Å². The Bertz CT molecular complexity index is 2870. The number of furan rings is 1. The summed E-state index contributed by atoms with van der Waals surface area (Å²) in [4.78, 5) is 2.34. The molecule has 2 heteroatoms. The van der Waals surface area contributed by atoms with E-state index in [0.717, 1.165) is 44.6 Å². The van der Waals surface area contributed by atoms with Gasteiger partial charge in [0.25, 0.3) is 0 Å². The first-order valence-electron chi connectivity index (χ1n) is 17.1. The van der Waals surface area contributed by atoms with Crippen LogP contribution in [0, 0.1) is 0 Å². The van der Waals surface area contributed by atoms with Crippen molar-refractivity contribution in [3.63, 3.8) is 0 Å². The minimum Gasteiger partial charge on any atom is -0.456 e. The van der Waals surface area contributed by atoms with Crippen LogP contribution in [0.2, 0.25) is 0 Å². The minimum atomic E-state index is 0.874. The third-order valence-corrected chi connectivity index (χ3v) is 10.0. The molecule has 1 heterocycles. The number of anilines is 3. The summed E-state index contributed by atoms with van der Waals surface area (Å²) in [6, 6.07) is 67.5. The quantitative estimate of drug-likeness (QED) is 0.175. The molecule has 0 fully saturated rings. The number of nitrogens with zero attached hydrogens (tertiary/aromatic N) is 1. The van der Waals surface area contributed by atoms with Gasteiger partial charge in [-0.15, -0.1) is 0 Å². The van der Waals surface area contributed by atoms with Crippen molar-refractivity contribution in [2.45, 2.75) is 0 Å². The van der Waals surface area contributed by atoms with Gasteiger partial charge < -0.3 is 9.32 Å². The molecule has 0 spiro atoms. The van der Waals surface area contributed by atoms with Crippen molar-refractivity contribution in [3.05, 3.63) is 188 Å². The summed E-state index contributed by atoms with van der Waals surface area (Å²) in [5.41, 5.74) is 9.70. The Morgan fingerprint density at radius 2 is 0.960 bits per heavy atom. The summed E-state index contributed by atoms with van der Waals surface area (Å²) in [5, 5.41) is 9.92. The fraction of sp³-hybridized carbons (Fsp3) is 0. The molecule has 0 saturated carbocycles. The summed E-state index contributed by atoms with van der Waals surface area (Å²) < 4.78 is 6.37. The van der Waals surface area contributed by atoms with Gasteiger partial charge in [0.1, 0.15) is 11.2 Å². The second kappa shape index (κ2) is 11.5. The van der Waals surface area contributed by atoms with Crippen LogP contribution in [0.3, 0.4) is 0 Å². The van der Waals surface area contributed by atoms with E-state index in [0.29, 0.717) is 0 Å². The molecule has 0 radical (unpaired) electrons. The standard InChI is InChI=1S/C48H31NO/c1-2-10-33(11-3-1)40-13-6-8-16-45(40)49(39-27-29-44-43-15-7-9-17-46(43)50-47(44)31-39)38-25-22-32(23-26-38)36-24-28-42-37(30-36)21-20-35-19-18-34-12-4-5-14-41(34)48(35)42/h1-31H. The molecule has 0 saturated heterocycles. The van der Waals surface area contributed by atoms with Gasteiger partial charge in [0.05, 0.1) is 5.69 Å². The van der Waals surface area contributed by atoms with Gasteiger partial charge >= 0.3 is 0 Å². The number of fused-ring (bicyclic) bond motifs is 8. The van der Waals surface area contributed by atoms with Gasteiger partial charge in [-0.25, -0.2) is 0 Å². The van der Waals surface area contributed by atoms with Gasteiger partial charge in [-0.2, -0.15) is 0 Å². The molecule has 2 nitrogen and oxygen atoms in total. The molecule has 0 aliphatic carbocycles. The van der Waals surface area contributed by atoms with Gasteiger partial charge in [0.2, 0.25) is 0 Å². The third-order valence-electron chi connectivity index (χ3n) is 10.0. The fourth-order valence-corrected chi connectivity index (χ4v) is 7.63. The molecule has 0 N–H and O–H groups in total. The predicted molar refractivity (Wildman–Crippen MR) is 212 cm³/mol. The number of hydrogen-bond donors (Lipinski definition) is 0. The van der Waals surface area contributed by atoms with E-state index in [1.165, 1.54) is 49.0 Å². The Morgan fingerprint density at radius 3 is 1.84 bits per heavy atom. The first-order chi connectivity index (χ1) is 24.8. The first kappa shape index (κ1) is 28.4. The Kier molecular flexibility index (Phi) is 6.53. The molecule has 0 aliphatic rings. The zero-order valence-corrected chi connectivity index (χ0v) is 27.3. The van der Waals surface area contributed by atoms with Crippen molar-refractivity contribution in [2.75, 3.05) is 4.90 Å². The lowest BCUT2D eigenvalue weighted by Gasteiger charge is -2.28. The van der Waals surface area contributed by atoms with Gasteiger partial charge in [-0.05, 0) is 91.5 Å². The van der Waals surface area contributed by atoms with E-state index in [1.54, 1.807) is 0 Å². The minimum absolute atomic E-state index is 0.874. The SMILES string of the molecule is c1ccc(-c2ccccc2N(c2ccc(-c3ccc4c(ccc5ccc6ccccc6c54)c3)cc2)c2ccc3c(c2)oc2ccccc23)cc1. The first-order valence-corrected chi connectivity index (χ1v) is 17.1. The second-order valence-electron chi connectivity index (χ2n) is 12.9. The van der Waals surface area contributed by atoms with Gasteiger partial charge in [-0.3, -0.25) is 0 Å². The van der Waals surface area contributed by atoms with Crippen molar-refractivity contribution in [2.24, 2.45) is 0 Å². The smallest absolute Gasteiger partial charge is 0.137 e. The molecular formula is C48H31NO. The van der Waals surface area contributed by atoms with Crippen molar-refractivity contribution in [1.29, 1.82) is 0 Å². The summed E-state index contributed by atoms with van der Waals surface area (Å²) in [6.07, 6.45) is 0. The predicted octanol–water partition coefficient (Wildman–Crippen LogP) is 13.8. The summed E-state index contributed by atoms with van der Waals surface area (Å²) in [6.45, 7) is 0. The Balaban J connectivity index is 1.10. The van der Waals surface area contributed by atoms with Crippen LogP contribution in [0.5, 0.6) is 0 Å². The van der Waals surface area contributed by atoms with Crippen LogP contribution in [0.15, 0.2) is 192 Å². The number of rotatable bonds is 5. The zero-order chi connectivity index (χ0) is 33.0. The highest BCUT2D eigenvalue weighted by Gasteiger charge is 2.19. The lowest BCUT2D eigenvalue weighted by molar-refractivity contribution is 0.669. The van der Waals surface area contributed by atoms with Gasteiger partial charge in [0, 0.05) is 33.8 Å². The topological polar surface area (TPSA) is 16.4 Å². The molecule has 9 aromatic carbocycles. The van der Waals surface area contributed by atoms with Crippen molar-refractivity contribution in [3.8, 4) is 22.3 Å². The van der Waals surface area contributed by atoms with E-state index in [9.17, 15) is 0 Å². The van der Waals surface area contributed by atoms with E-state index in [-0.39, 0.29) is 0 Å². The maximum Gasteiger partial charge on any atom is 0.137 e. The summed E-state index contributed by atoms with van der Waals surface area (Å²) in [5.74, 6) is 0. The Hall–Kier alpha value is -6.64. The highest BCUT2D eigenvalue weighted by atomic mass is 16.3. The normalized spacial score (nSPS) is 11.6. The van der Waals surface area contributed by atoms with E-state index in [4.69, 9.17) is 4.42 Å². The van der Waals surface area contributed by atoms with Crippen LogP contribution < -0.4 is 4.90 Å². The molecule has 0 amide bonds. The Labute approximate surface area is 290 Å². The molecule has 50 heavy (non-hydrogen) atoms. The molecular weight excluding hydrogens is 607 g/mol. The third kappa shape index (κ3) is 4.65. The van der Waals surface area contributed by atoms with E-state index < -0.39 is 0 Å². The molecule has 0 atom stereocenters. The molecule has 1 aromatic heterocycles. The lowest BCUT2D eigenvalue weighted by Crippen LogP contribution is -2.11. The number of benzene rings is 9. The summed E-state index contributed by atoms with van der Waals surface area (Å²) >= 11 is 0. The molecule has 0 unspecified atom stereocenters. The van der Waals surface area contributed by atoms with E-state index in [1.807, 2.05) is 12.1 Å². The fourth-order valence-electron chi connectivity index (χ4n) is 7.63. The average Bonchev–Trinajstić information content (AvgIpc) is 3.56. The molecule has 10 aromatic rings. The molecule has 0 bridgehead atoms. The maximum atomic E-state index is 6.37. The van der Waals surface area contributed by atoms with Gasteiger partial charge in [0.15, 0.2) is 0 Å². The molecule has 10 rings (SSSR count). The molecule has 0 aliphatic heterocycles. The molecule has 234 valence electrons. The van der Waals surface area contributed by atoms with Crippen LogP contribution in [-0.4, -0.2) is 0 Å². The van der Waals surface area contributed by atoms with E-state index >= 15 is 0 Å². The van der Waals surface area contributed by atoms with Gasteiger partial charge in [-0.1, -0.05) is 140 Å². The largest absolute Gasteiger partial charge is 0.456 e. The highest BCUT2D eigenvalue weighted by molar-refractivity contribution is 6.20. The van der Waals surface area contributed by atoms with Crippen LogP contribution in [0.1, 0.15) is 0 Å². The number of hydrogen-bond acceptors (Lipinski definition) is 2. The van der Waals surface area contributed by atoms with E-state index in [2.05, 4.69) is 181 Å². The maximum absolute atomic E-state index is 6.37. The van der Waals surface area contributed by atoms with Crippen LogP contribution in [-0.2, 0) is 0 Å². The van der Waals surface area contributed by atoms with Crippen LogP contribution in [0.25, 0.3) is 76.5 Å². The highest BCUT2D eigenvalue weighted by Crippen LogP contribution is 2.43. The zero-order valence-electron chi connectivity index (χ0n) is 27.3. The summed E-state index contributed by atoms with van der Waals surface area (Å²) in [7, 11) is 0. The average molecular weight is 638 g/mol. The van der Waals surface area contributed by atoms with Crippen LogP contribution >= 0.6 is 0 Å².